The Hall–Kier alpha value is -3.26. The molecule has 0 nitrogen and oxygen atoms in total. The van der Waals surface area contributed by atoms with Gasteiger partial charge in [-0.15, -0.1) is 93.9 Å². The first-order valence-corrected chi connectivity index (χ1v) is 25.3. The third-order valence-corrected chi connectivity index (χ3v) is 13.7. The van der Waals surface area contributed by atoms with E-state index in [-0.39, 0.29) is 39.7 Å². The zero-order chi connectivity index (χ0) is 38.5. The van der Waals surface area contributed by atoms with Crippen LogP contribution in [0.4, 0.5) is 0 Å². The van der Waals surface area contributed by atoms with Gasteiger partial charge in [-0.2, -0.15) is 12.1 Å². The van der Waals surface area contributed by atoms with Crippen molar-refractivity contribution in [3.8, 4) is 22.3 Å². The van der Waals surface area contributed by atoms with Crippen LogP contribution in [0.15, 0.2) is 146 Å². The zero-order valence-electron chi connectivity index (χ0n) is 36.2. The average Bonchev–Trinajstić information content (AvgIpc) is 4.09. The molecule has 4 heteroatoms. The summed E-state index contributed by atoms with van der Waals surface area (Å²) in [5.74, 6) is 0. The molecule has 2 fully saturated rings. The summed E-state index contributed by atoms with van der Waals surface area (Å²) in [6.07, 6.45) is 16.4. The molecule has 10 rings (SSSR count). The fourth-order valence-corrected chi connectivity index (χ4v) is 10.4. The van der Waals surface area contributed by atoms with Gasteiger partial charge in [0.05, 0.1) is 0 Å². The number of hydrogen-bond acceptors (Lipinski definition) is 0. The van der Waals surface area contributed by atoms with Crippen LogP contribution in [0, 0.1) is 25.7 Å². The Morgan fingerprint density at radius 3 is 1.20 bits per heavy atom. The van der Waals surface area contributed by atoms with E-state index in [9.17, 15) is 0 Å². The van der Waals surface area contributed by atoms with Crippen molar-refractivity contribution in [3.63, 3.8) is 0 Å². The van der Waals surface area contributed by atoms with Crippen LogP contribution in [0.3, 0.4) is 0 Å². The quantitative estimate of drug-likeness (QED) is 0.105. The first kappa shape index (κ1) is 49.4. The molecular formula is C56H62Cl2SiZr-4. The molecule has 0 unspecified atom stereocenters. The normalized spacial score (nSPS) is 14.8. The maximum absolute atomic E-state index is 3.06. The summed E-state index contributed by atoms with van der Waals surface area (Å²) in [5, 5.41) is 10.8. The van der Waals surface area contributed by atoms with Crippen LogP contribution < -0.4 is 0 Å². The van der Waals surface area contributed by atoms with Crippen molar-refractivity contribution in [1.82, 2.24) is 0 Å². The van der Waals surface area contributed by atoms with Crippen LogP contribution in [0.1, 0.15) is 89.2 Å². The summed E-state index contributed by atoms with van der Waals surface area (Å²) in [7, 11) is 0. The van der Waals surface area contributed by atoms with Gasteiger partial charge in [-0.3, -0.25) is 0 Å². The predicted molar refractivity (Wildman–Crippen MR) is 268 cm³/mol. The van der Waals surface area contributed by atoms with Crippen LogP contribution in [0.2, 0.25) is 0 Å². The number of halogens is 2. The molecule has 0 saturated heterocycles. The Kier molecular flexibility index (Phi) is 18.3. The summed E-state index contributed by atoms with van der Waals surface area (Å²) in [6.45, 7) is 7.83. The Bertz CT molecular complexity index is 2400. The minimum atomic E-state index is 0. The summed E-state index contributed by atoms with van der Waals surface area (Å²) in [4.78, 5) is 0. The van der Waals surface area contributed by atoms with E-state index in [1.54, 1.807) is 0 Å². The molecule has 0 bridgehead atoms. The fraction of sp³-hybridized carbons (Fsp3) is 0.286. The van der Waals surface area contributed by atoms with Gasteiger partial charge in [-0.05, 0) is 94.2 Å². The van der Waals surface area contributed by atoms with Gasteiger partial charge in [-0.25, -0.2) is 0 Å². The molecule has 0 aliphatic heterocycles. The van der Waals surface area contributed by atoms with Gasteiger partial charge < -0.3 is 14.9 Å². The van der Waals surface area contributed by atoms with Crippen molar-refractivity contribution in [1.29, 1.82) is 0 Å². The van der Waals surface area contributed by atoms with Crippen molar-refractivity contribution in [3.05, 3.63) is 172 Å². The molecule has 8 aromatic rings. The molecule has 2 aliphatic carbocycles. The van der Waals surface area contributed by atoms with Crippen molar-refractivity contribution >= 4 is 74.8 Å². The molecule has 60 heavy (non-hydrogen) atoms. The Morgan fingerprint density at radius 1 is 0.467 bits per heavy atom. The molecule has 0 spiro atoms. The van der Waals surface area contributed by atoms with Gasteiger partial charge in [0, 0.05) is 0 Å². The van der Waals surface area contributed by atoms with Gasteiger partial charge in [0.1, 0.15) is 0 Å². The molecule has 2 saturated carbocycles. The first-order chi connectivity index (χ1) is 27.5. The topological polar surface area (TPSA) is 0 Å². The van der Waals surface area contributed by atoms with E-state index >= 15 is 0 Å². The van der Waals surface area contributed by atoms with E-state index in [0.717, 1.165) is 0 Å². The van der Waals surface area contributed by atoms with Gasteiger partial charge in [0.15, 0.2) is 0 Å². The predicted octanol–water partition coefficient (Wildman–Crippen LogP) is 17.1. The molecule has 2 aliphatic rings. The van der Waals surface area contributed by atoms with E-state index < -0.39 is 0 Å². The molecule has 0 heterocycles. The third kappa shape index (κ3) is 10.5. The van der Waals surface area contributed by atoms with Crippen molar-refractivity contribution in [2.24, 2.45) is 10.8 Å². The Labute approximate surface area is 390 Å². The molecule has 8 aromatic carbocycles. The molecule has 2 radical (unpaired) electrons. The summed E-state index contributed by atoms with van der Waals surface area (Å²) in [6, 6.07) is 54.3. The fourth-order valence-electron chi connectivity index (χ4n) is 10.4. The second kappa shape index (κ2) is 22.2. The molecule has 312 valence electrons. The van der Waals surface area contributed by atoms with E-state index in [0.29, 0.717) is 10.8 Å². The molecule has 0 amide bonds. The van der Waals surface area contributed by atoms with Crippen molar-refractivity contribution < 1.29 is 23.3 Å². The van der Waals surface area contributed by atoms with Crippen LogP contribution in [0.25, 0.3) is 65.3 Å². The van der Waals surface area contributed by atoms with Crippen LogP contribution in [-0.4, -0.2) is 6.88 Å². The third-order valence-electron chi connectivity index (χ3n) is 13.7. The van der Waals surface area contributed by atoms with Gasteiger partial charge in [-0.1, -0.05) is 148 Å². The Balaban J connectivity index is 0.000000239. The number of benzene rings is 6. The standard InChI is InChI=1S/2C27H27.2CH3.2ClH.Si.Zr/c2*1-2-27(14-5-6-15-27)19-20-16-23-10-7-11-25(26(23)17-20)24-13-12-21-8-3-4-9-22(21)18-24;;;;;;/h2*3-4,7-13,16-18H,2,5-6,14-15,19H2,1H3;2*1H3;2*1H;;/q4*-1;;;;. The second-order valence-corrected chi connectivity index (χ2v) is 16.9. The summed E-state index contributed by atoms with van der Waals surface area (Å²) >= 11 is 1.36. The molecular weight excluding hydrogens is 863 g/mol. The van der Waals surface area contributed by atoms with Crippen molar-refractivity contribution in [2.45, 2.75) is 90.9 Å². The molecule has 0 atom stereocenters. The minimum absolute atomic E-state index is 0. The van der Waals surface area contributed by atoms with E-state index in [2.05, 4.69) is 166 Å². The molecule has 0 N–H and O–H groups in total. The SMILES string of the molecule is CCC1(Cc2cc3c(-c4ccc5ccccc5c4)cccc3[cH-]2)CCCC1.CCC1(Cc2cc3c(-c4ccc5ccccc5c4)cccc3[cH-]2)CCCC1.Cl.Cl.[CH3-].[CH3-].[Si]=[Zr]. The van der Waals surface area contributed by atoms with Crippen LogP contribution in [0.5, 0.6) is 0 Å². The summed E-state index contributed by atoms with van der Waals surface area (Å²) < 4.78 is 0. The monoisotopic (exact) mass is 922 g/mol. The van der Waals surface area contributed by atoms with Crippen molar-refractivity contribution in [2.75, 3.05) is 0 Å². The second-order valence-electron chi connectivity index (χ2n) is 16.9. The molecule has 0 aromatic heterocycles. The maximum atomic E-state index is 3.06. The average molecular weight is 925 g/mol. The summed E-state index contributed by atoms with van der Waals surface area (Å²) in [5.41, 5.74) is 9.53. The first-order valence-electron chi connectivity index (χ1n) is 21.1. The Morgan fingerprint density at radius 2 is 0.833 bits per heavy atom. The van der Waals surface area contributed by atoms with Gasteiger partial charge >= 0.3 is 30.2 Å². The van der Waals surface area contributed by atoms with E-state index in [4.69, 9.17) is 0 Å². The van der Waals surface area contributed by atoms with Gasteiger partial charge in [0.2, 0.25) is 0 Å². The van der Waals surface area contributed by atoms with Crippen LogP contribution in [-0.2, 0) is 36.2 Å². The number of fused-ring (bicyclic) bond motifs is 4. The number of hydrogen-bond donors (Lipinski definition) is 0. The van der Waals surface area contributed by atoms with Crippen LogP contribution >= 0.6 is 24.8 Å². The van der Waals surface area contributed by atoms with E-state index in [1.165, 1.54) is 177 Å². The zero-order valence-corrected chi connectivity index (χ0v) is 41.2. The van der Waals surface area contributed by atoms with E-state index in [1.807, 2.05) is 0 Å². The van der Waals surface area contributed by atoms with Gasteiger partial charge in [0.25, 0.3) is 0 Å². The number of rotatable bonds is 8.